The molecular formula is C34H42N4O14S3. The number of piperidine rings is 1. The molecule has 1 amide bonds. The first-order valence-electron chi connectivity index (χ1n) is 16.7. The Bertz CT molecular complexity index is 2250. The molecule has 2 fully saturated rings. The van der Waals surface area contributed by atoms with Gasteiger partial charge in [-0.05, 0) is 67.7 Å². The van der Waals surface area contributed by atoms with Crippen molar-refractivity contribution in [1.82, 2.24) is 14.2 Å². The molecule has 2 bridgehead atoms. The van der Waals surface area contributed by atoms with Crippen LogP contribution in [0, 0.1) is 0 Å². The minimum atomic E-state index is -4.67. The van der Waals surface area contributed by atoms with Gasteiger partial charge in [-0.2, -0.15) is 21.1 Å². The number of benzene rings is 2. The second-order valence-corrected chi connectivity index (χ2v) is 17.2. The molecule has 2 aliphatic carbocycles. The molecule has 2 aliphatic heterocycles. The van der Waals surface area contributed by atoms with Gasteiger partial charge in [0.05, 0.1) is 41.6 Å². The Labute approximate surface area is 319 Å². The molecule has 0 unspecified atom stereocenters. The Kier molecular flexibility index (Phi) is 11.7. The van der Waals surface area contributed by atoms with Crippen LogP contribution in [0.1, 0.15) is 36.1 Å². The number of hydrogen-bond donors (Lipinski definition) is 5. The fourth-order valence-electron chi connectivity index (χ4n) is 8.40. The Morgan fingerprint density at radius 1 is 0.945 bits per heavy atom. The third-order valence-corrected chi connectivity index (χ3v) is 12.4. The van der Waals surface area contributed by atoms with Crippen molar-refractivity contribution in [2.45, 2.75) is 59.8 Å². The van der Waals surface area contributed by atoms with Crippen LogP contribution in [0.25, 0.3) is 6.08 Å². The number of ether oxygens (including phenoxy) is 2. The zero-order chi connectivity index (χ0) is 40.7. The Morgan fingerprint density at radius 3 is 2.18 bits per heavy atom. The van der Waals surface area contributed by atoms with Crippen LogP contribution in [0.5, 0.6) is 11.5 Å². The molecule has 1 saturated carbocycles. The van der Waals surface area contributed by atoms with E-state index in [1.807, 2.05) is 50.5 Å². The summed E-state index contributed by atoms with van der Waals surface area (Å²) >= 11 is 0. The second kappa shape index (κ2) is 15.4. The average Bonchev–Trinajstić information content (AvgIpc) is 3.44. The number of methoxy groups -OCH3 is 1. The minimum Gasteiger partial charge on any atom is -0.493 e. The van der Waals surface area contributed by atoms with Gasteiger partial charge in [0.15, 0.2) is 11.5 Å². The zero-order valence-electron chi connectivity index (χ0n) is 30.1. The maximum absolute atomic E-state index is 14.5. The SMILES string of the molecule is COc1ccc2c3c1O[C@H]1[C@H](N(C)C(=O)/C=C/c4ccccn4)CC[C@@]4(O)[C@@H](C2)N(S(=O)(=O)c2ccccc2N(C)C)CC[C@]314.O=S(=O)(O)O.O=S(=O)(O)O. The van der Waals surface area contributed by atoms with E-state index in [0.717, 1.165) is 11.1 Å². The van der Waals surface area contributed by atoms with E-state index >= 15 is 0 Å². The lowest BCUT2D eigenvalue weighted by molar-refractivity contribution is -0.186. The molecule has 0 radical (unpaired) electrons. The first-order chi connectivity index (χ1) is 25.5. The quantitative estimate of drug-likeness (QED) is 0.168. The van der Waals surface area contributed by atoms with Gasteiger partial charge in [-0.3, -0.25) is 28.0 Å². The number of carbonyl (C=O) groups is 1. The molecule has 1 aromatic heterocycles. The number of pyridine rings is 1. The molecule has 7 rings (SSSR count). The number of aliphatic hydroxyl groups is 1. The van der Waals surface area contributed by atoms with E-state index in [-0.39, 0.29) is 23.4 Å². The van der Waals surface area contributed by atoms with Gasteiger partial charge in [-0.15, -0.1) is 0 Å². The summed E-state index contributed by atoms with van der Waals surface area (Å²) in [4.78, 5) is 21.5. The van der Waals surface area contributed by atoms with Crippen molar-refractivity contribution in [3.8, 4) is 11.5 Å². The Balaban J connectivity index is 0.000000517. The first-order valence-corrected chi connectivity index (χ1v) is 20.9. The third-order valence-electron chi connectivity index (χ3n) is 10.4. The standard InChI is InChI=1S/C34H38N4O6S.2H2O4S/c1-36(2)24-10-5-6-11-27(24)45(41,42)38-20-18-33-30-22-12-14-26(43-4)31(30)44-32(33)25(16-17-34(33,40)28(38)21-22)37(3)29(39)15-13-23-9-7-8-19-35-23;2*1-5(2,3)4/h5-15,19,25,28,32,40H,16-18,20-21H2,1-4H3;2*(H2,1,2,3,4)/b15-13+;;/t25-,28-,32+,33+,34-;;/m1../s1. The number of amides is 1. The predicted octanol–water partition coefficient (Wildman–Crippen LogP) is 1.93. The van der Waals surface area contributed by atoms with Crippen molar-refractivity contribution in [2.24, 2.45) is 0 Å². The van der Waals surface area contributed by atoms with Gasteiger partial charge in [-0.25, -0.2) is 8.42 Å². The summed E-state index contributed by atoms with van der Waals surface area (Å²) < 4.78 is 106. The van der Waals surface area contributed by atoms with E-state index in [1.54, 1.807) is 54.4 Å². The van der Waals surface area contributed by atoms with E-state index < -0.39 is 54.0 Å². The van der Waals surface area contributed by atoms with Gasteiger partial charge in [0, 0.05) is 45.5 Å². The molecular weight excluding hydrogens is 785 g/mol. The van der Waals surface area contributed by atoms with Crippen LogP contribution < -0.4 is 14.4 Å². The normalized spacial score (nSPS) is 25.3. The van der Waals surface area contributed by atoms with Crippen LogP contribution in [0.3, 0.4) is 0 Å². The van der Waals surface area contributed by atoms with Gasteiger partial charge in [0.25, 0.3) is 0 Å². The van der Waals surface area contributed by atoms with Crippen LogP contribution >= 0.6 is 0 Å². The fraction of sp³-hybridized carbons (Fsp3) is 0.412. The highest BCUT2D eigenvalue weighted by Crippen LogP contribution is 2.66. The topological polar surface area (TPSA) is 262 Å². The van der Waals surface area contributed by atoms with Gasteiger partial charge >= 0.3 is 20.8 Å². The summed E-state index contributed by atoms with van der Waals surface area (Å²) in [6.07, 6.45) is 5.70. The molecule has 300 valence electrons. The minimum absolute atomic E-state index is 0.202. The smallest absolute Gasteiger partial charge is 0.394 e. The third kappa shape index (κ3) is 8.20. The van der Waals surface area contributed by atoms with Crippen LogP contribution in [0.4, 0.5) is 5.69 Å². The summed E-state index contributed by atoms with van der Waals surface area (Å²) in [5.74, 6) is 0.950. The lowest BCUT2D eigenvalue weighted by Crippen LogP contribution is -2.78. The molecule has 1 saturated heterocycles. The number of likely N-dealkylation sites (N-methyl/N-ethyl adjacent to an activating group) is 1. The molecule has 18 nitrogen and oxygen atoms in total. The van der Waals surface area contributed by atoms with E-state index in [0.29, 0.717) is 48.6 Å². The number of aromatic nitrogens is 1. The summed E-state index contributed by atoms with van der Waals surface area (Å²) in [7, 11) is -6.32. The highest BCUT2D eigenvalue weighted by molar-refractivity contribution is 7.89. The van der Waals surface area contributed by atoms with E-state index in [2.05, 4.69) is 4.98 Å². The number of sulfonamides is 1. The van der Waals surface area contributed by atoms with Crippen molar-refractivity contribution < 1.29 is 62.8 Å². The second-order valence-electron chi connectivity index (χ2n) is 13.6. The highest BCUT2D eigenvalue weighted by Gasteiger charge is 2.74. The monoisotopic (exact) mass is 826 g/mol. The Hall–Kier alpha value is -4.19. The molecule has 21 heteroatoms. The highest BCUT2D eigenvalue weighted by atomic mass is 32.3. The molecule has 1 spiro atoms. The number of anilines is 1. The summed E-state index contributed by atoms with van der Waals surface area (Å²) in [5.41, 5.74) is 0.751. The lowest BCUT2D eigenvalue weighted by Gasteiger charge is -2.64. The summed E-state index contributed by atoms with van der Waals surface area (Å²) in [6.45, 7) is 0.205. The van der Waals surface area contributed by atoms with E-state index in [4.69, 9.17) is 44.5 Å². The maximum Gasteiger partial charge on any atom is 0.394 e. The molecule has 3 aromatic rings. The predicted molar refractivity (Wildman–Crippen MR) is 198 cm³/mol. The number of carbonyl (C=O) groups excluding carboxylic acids is 1. The Morgan fingerprint density at radius 2 is 1.58 bits per heavy atom. The largest absolute Gasteiger partial charge is 0.493 e. The number of para-hydroxylation sites is 1. The van der Waals surface area contributed by atoms with Crippen LogP contribution in [-0.4, -0.2) is 127 Å². The molecule has 5 atom stereocenters. The van der Waals surface area contributed by atoms with Gasteiger partial charge in [-0.1, -0.05) is 24.3 Å². The van der Waals surface area contributed by atoms with E-state index in [9.17, 15) is 18.3 Å². The van der Waals surface area contributed by atoms with Crippen LogP contribution in [-0.2, 0) is 47.5 Å². The molecule has 5 N–H and O–H groups in total. The van der Waals surface area contributed by atoms with Crippen LogP contribution in [0.15, 0.2) is 71.8 Å². The van der Waals surface area contributed by atoms with Crippen LogP contribution in [0.2, 0.25) is 0 Å². The first kappa shape index (κ1) is 42.0. The lowest BCUT2D eigenvalue weighted by atomic mass is 9.48. The van der Waals surface area contributed by atoms with Crippen molar-refractivity contribution in [1.29, 1.82) is 0 Å². The zero-order valence-corrected chi connectivity index (χ0v) is 32.6. The molecule has 3 heterocycles. The fourth-order valence-corrected chi connectivity index (χ4v) is 10.3. The number of nitrogens with zero attached hydrogens (tertiary/aromatic N) is 4. The maximum atomic E-state index is 14.5. The van der Waals surface area contributed by atoms with Crippen molar-refractivity contribution in [2.75, 3.05) is 39.7 Å². The number of hydrogen-bond acceptors (Lipinski definition) is 12. The van der Waals surface area contributed by atoms with Crippen molar-refractivity contribution in [3.63, 3.8) is 0 Å². The van der Waals surface area contributed by atoms with Crippen molar-refractivity contribution >= 4 is 48.5 Å². The summed E-state index contributed by atoms with van der Waals surface area (Å²) in [5, 5.41) is 13.0. The van der Waals surface area contributed by atoms with Gasteiger partial charge in [0.2, 0.25) is 15.9 Å². The van der Waals surface area contributed by atoms with E-state index in [1.165, 1.54) is 10.4 Å². The molecule has 2 aromatic carbocycles. The summed E-state index contributed by atoms with van der Waals surface area (Å²) in [6, 6.07) is 15.2. The average molecular weight is 827 g/mol. The molecule has 55 heavy (non-hydrogen) atoms. The molecule has 4 aliphatic rings. The number of rotatable bonds is 7. The van der Waals surface area contributed by atoms with Gasteiger partial charge < -0.3 is 24.4 Å². The van der Waals surface area contributed by atoms with Crippen molar-refractivity contribution in [3.05, 3.63) is 83.7 Å². The van der Waals surface area contributed by atoms with Gasteiger partial charge in [0.1, 0.15) is 11.0 Å².